The summed E-state index contributed by atoms with van der Waals surface area (Å²) in [5.74, 6) is 0.579. The Labute approximate surface area is 187 Å². The number of rotatable bonds is 4. The molecule has 0 aliphatic carbocycles. The molecule has 0 fully saturated rings. The number of nitrogens with one attached hydrogen (secondary N) is 1. The highest BCUT2D eigenvalue weighted by molar-refractivity contribution is 5.87. The minimum absolute atomic E-state index is 0. The molecule has 0 saturated carbocycles. The fourth-order valence-corrected chi connectivity index (χ4v) is 4.50. The van der Waals surface area contributed by atoms with Gasteiger partial charge in [0.2, 0.25) is 0 Å². The average Bonchev–Trinajstić information content (AvgIpc) is 3.06. The molecule has 1 atom stereocenters. The first-order valence-electron chi connectivity index (χ1n) is 10.4. The van der Waals surface area contributed by atoms with Gasteiger partial charge in [-0.05, 0) is 49.2 Å². The normalized spacial score (nSPS) is 15.4. The van der Waals surface area contributed by atoms with Crippen molar-refractivity contribution < 1.29 is 4.74 Å². The molecular formula is C25H26ClN3O2. The van der Waals surface area contributed by atoms with Gasteiger partial charge in [-0.15, -0.1) is 12.4 Å². The van der Waals surface area contributed by atoms with Gasteiger partial charge in [0, 0.05) is 36.4 Å². The van der Waals surface area contributed by atoms with Crippen LogP contribution in [0.5, 0.6) is 5.75 Å². The second-order valence-corrected chi connectivity index (χ2v) is 7.90. The van der Waals surface area contributed by atoms with Gasteiger partial charge < -0.3 is 14.6 Å². The number of aromatic nitrogens is 2. The minimum Gasteiger partial charge on any atom is -0.489 e. The summed E-state index contributed by atoms with van der Waals surface area (Å²) >= 11 is 0. The first kappa shape index (κ1) is 21.2. The van der Waals surface area contributed by atoms with Gasteiger partial charge in [-0.25, -0.2) is 0 Å². The van der Waals surface area contributed by atoms with Gasteiger partial charge in [-0.3, -0.25) is 9.36 Å². The molecular weight excluding hydrogens is 410 g/mol. The van der Waals surface area contributed by atoms with E-state index < -0.39 is 0 Å². The molecule has 0 bridgehead atoms. The van der Waals surface area contributed by atoms with Crippen molar-refractivity contribution in [1.29, 1.82) is 0 Å². The van der Waals surface area contributed by atoms with Gasteiger partial charge in [0.1, 0.15) is 12.4 Å². The molecule has 160 valence electrons. The maximum Gasteiger partial charge on any atom is 0.258 e. The van der Waals surface area contributed by atoms with Gasteiger partial charge in [0.25, 0.3) is 5.56 Å². The molecule has 1 aliphatic rings. The van der Waals surface area contributed by atoms with Crippen LogP contribution in [0.1, 0.15) is 29.8 Å². The lowest BCUT2D eigenvalue weighted by molar-refractivity contribution is 0.305. The Kier molecular flexibility index (Phi) is 5.90. The lowest BCUT2D eigenvalue weighted by atomic mass is 10.00. The van der Waals surface area contributed by atoms with Gasteiger partial charge in [0.15, 0.2) is 0 Å². The van der Waals surface area contributed by atoms with Crippen LogP contribution in [0.25, 0.3) is 16.6 Å². The fourth-order valence-electron chi connectivity index (χ4n) is 4.50. The Bertz CT molecular complexity index is 1280. The Morgan fingerprint density at radius 2 is 1.90 bits per heavy atom. The quantitative estimate of drug-likeness (QED) is 0.512. The summed E-state index contributed by atoms with van der Waals surface area (Å²) in [6.45, 7) is 3.65. The molecule has 3 heterocycles. The van der Waals surface area contributed by atoms with Crippen LogP contribution in [-0.2, 0) is 20.1 Å². The first-order valence-corrected chi connectivity index (χ1v) is 10.4. The molecule has 2 aromatic heterocycles. The number of benzene rings is 2. The molecule has 1 N–H and O–H groups in total. The van der Waals surface area contributed by atoms with Crippen LogP contribution in [0.3, 0.4) is 0 Å². The van der Waals surface area contributed by atoms with Crippen molar-refractivity contribution in [1.82, 2.24) is 14.5 Å². The summed E-state index contributed by atoms with van der Waals surface area (Å²) in [5.41, 5.74) is 5.75. The Balaban J connectivity index is 0.00000231. The third kappa shape index (κ3) is 3.87. The van der Waals surface area contributed by atoms with E-state index in [2.05, 4.69) is 36.0 Å². The summed E-state index contributed by atoms with van der Waals surface area (Å²) < 4.78 is 9.72. The third-order valence-electron chi connectivity index (χ3n) is 5.99. The zero-order chi connectivity index (χ0) is 20.7. The summed E-state index contributed by atoms with van der Waals surface area (Å²) in [6.07, 6.45) is 2.82. The number of fused-ring (bicyclic) bond motifs is 3. The first-order chi connectivity index (χ1) is 14.6. The summed E-state index contributed by atoms with van der Waals surface area (Å²) in [5, 5.41) is 4.81. The predicted octanol–water partition coefficient (Wildman–Crippen LogP) is 4.54. The number of hydrogen-bond acceptors (Lipinski definition) is 3. The van der Waals surface area contributed by atoms with E-state index in [0.717, 1.165) is 29.7 Å². The average molecular weight is 436 g/mol. The Morgan fingerprint density at radius 3 is 2.68 bits per heavy atom. The van der Waals surface area contributed by atoms with Crippen molar-refractivity contribution in [3.8, 4) is 11.4 Å². The maximum absolute atomic E-state index is 12.8. The van der Waals surface area contributed by atoms with Crippen molar-refractivity contribution in [2.45, 2.75) is 26.0 Å². The highest BCUT2D eigenvalue weighted by Crippen LogP contribution is 2.33. The van der Waals surface area contributed by atoms with E-state index in [0.29, 0.717) is 18.4 Å². The van der Waals surface area contributed by atoms with Crippen molar-refractivity contribution in [3.05, 3.63) is 94.0 Å². The third-order valence-corrected chi connectivity index (χ3v) is 5.99. The van der Waals surface area contributed by atoms with E-state index >= 15 is 0 Å². The van der Waals surface area contributed by atoms with Crippen LogP contribution in [0.2, 0.25) is 0 Å². The lowest BCUT2D eigenvalue weighted by Gasteiger charge is -2.22. The van der Waals surface area contributed by atoms with Gasteiger partial charge in [0.05, 0.1) is 11.2 Å². The molecule has 6 heteroatoms. The zero-order valence-corrected chi connectivity index (χ0v) is 18.5. The van der Waals surface area contributed by atoms with Crippen LogP contribution in [0.4, 0.5) is 0 Å². The molecule has 0 radical (unpaired) electrons. The predicted molar refractivity (Wildman–Crippen MR) is 127 cm³/mol. The molecule has 2 aromatic carbocycles. The van der Waals surface area contributed by atoms with E-state index in [9.17, 15) is 4.79 Å². The van der Waals surface area contributed by atoms with E-state index in [4.69, 9.17) is 4.74 Å². The molecule has 0 amide bonds. The van der Waals surface area contributed by atoms with Crippen LogP contribution >= 0.6 is 12.4 Å². The number of nitrogens with zero attached hydrogens (tertiary/aromatic N) is 2. The zero-order valence-electron chi connectivity index (χ0n) is 17.7. The number of halogens is 1. The minimum atomic E-state index is -0.103. The topological polar surface area (TPSA) is 48.2 Å². The molecule has 1 unspecified atom stereocenters. The summed E-state index contributed by atoms with van der Waals surface area (Å²) in [6, 6.07) is 19.9. The SMILES string of the molecule is CC1NCCc2c1n(C)c1cc(-n3ccc(OCc4ccccc4)cc3=O)ccc21.Cl. The smallest absolute Gasteiger partial charge is 0.258 e. The Morgan fingerprint density at radius 1 is 1.10 bits per heavy atom. The maximum atomic E-state index is 12.8. The van der Waals surface area contributed by atoms with E-state index in [1.807, 2.05) is 42.5 Å². The van der Waals surface area contributed by atoms with Crippen LogP contribution in [-0.4, -0.2) is 15.7 Å². The van der Waals surface area contributed by atoms with E-state index in [1.54, 1.807) is 16.8 Å². The van der Waals surface area contributed by atoms with Crippen molar-refractivity contribution in [2.75, 3.05) is 6.54 Å². The number of hydrogen-bond donors (Lipinski definition) is 1. The van der Waals surface area contributed by atoms with Crippen LogP contribution < -0.4 is 15.6 Å². The largest absolute Gasteiger partial charge is 0.489 e. The van der Waals surface area contributed by atoms with Crippen molar-refractivity contribution in [2.24, 2.45) is 7.05 Å². The highest BCUT2D eigenvalue weighted by Gasteiger charge is 2.23. The molecule has 4 aromatic rings. The lowest BCUT2D eigenvalue weighted by Crippen LogP contribution is -2.28. The summed E-state index contributed by atoms with van der Waals surface area (Å²) in [7, 11) is 2.11. The van der Waals surface area contributed by atoms with Crippen molar-refractivity contribution in [3.63, 3.8) is 0 Å². The van der Waals surface area contributed by atoms with Gasteiger partial charge >= 0.3 is 0 Å². The number of aryl methyl sites for hydroxylation is 1. The van der Waals surface area contributed by atoms with Crippen LogP contribution in [0, 0.1) is 0 Å². The van der Waals surface area contributed by atoms with Crippen molar-refractivity contribution >= 4 is 23.3 Å². The van der Waals surface area contributed by atoms with E-state index in [1.165, 1.54) is 16.6 Å². The molecule has 1 aliphatic heterocycles. The number of ether oxygens (including phenoxy) is 1. The second-order valence-electron chi connectivity index (χ2n) is 7.90. The molecule has 31 heavy (non-hydrogen) atoms. The molecule has 0 saturated heterocycles. The second kappa shape index (κ2) is 8.61. The molecule has 5 rings (SSSR count). The monoisotopic (exact) mass is 435 g/mol. The molecule has 5 nitrogen and oxygen atoms in total. The van der Waals surface area contributed by atoms with E-state index in [-0.39, 0.29) is 18.0 Å². The number of pyridine rings is 1. The molecule has 0 spiro atoms. The van der Waals surface area contributed by atoms with Gasteiger partial charge in [-0.1, -0.05) is 36.4 Å². The summed E-state index contributed by atoms with van der Waals surface area (Å²) in [4.78, 5) is 12.8. The fraction of sp³-hybridized carbons (Fsp3) is 0.240. The van der Waals surface area contributed by atoms with Crippen LogP contribution in [0.15, 0.2) is 71.7 Å². The van der Waals surface area contributed by atoms with Gasteiger partial charge in [-0.2, -0.15) is 0 Å². The highest BCUT2D eigenvalue weighted by atomic mass is 35.5. The Hall–Kier alpha value is -3.02. The standard InChI is InChI=1S/C25H25N3O2.ClH/c1-17-25-22(10-12-26-17)21-9-8-19(14-23(21)27(25)2)28-13-11-20(15-24(28)29)30-16-18-6-4-3-5-7-18;/h3-9,11,13-15,17,26H,10,12,16H2,1-2H3;1H.